The maximum Gasteiger partial charge on any atom is 0.151 e. The topological polar surface area (TPSA) is 65.0 Å². The Hall–Kier alpha value is -0.750. The van der Waals surface area contributed by atoms with Gasteiger partial charge in [-0.1, -0.05) is 12.2 Å². The fourth-order valence-electron chi connectivity index (χ4n) is 1.52. The van der Waals surface area contributed by atoms with Gasteiger partial charge in [0.05, 0.1) is 0 Å². The molecule has 0 aliphatic carbocycles. The summed E-state index contributed by atoms with van der Waals surface area (Å²) in [7, 11) is 1.47. The molecule has 5 nitrogen and oxygen atoms in total. The zero-order valence-electron chi connectivity index (χ0n) is 8.83. The Morgan fingerprint density at radius 1 is 1.47 bits per heavy atom. The summed E-state index contributed by atoms with van der Waals surface area (Å²) < 4.78 is 15.2. The molecule has 0 aromatic carbocycles. The molecule has 1 aliphatic heterocycles. The van der Waals surface area contributed by atoms with Gasteiger partial charge in [-0.25, -0.2) is 0 Å². The number of hydrogen-bond donors (Lipinski definition) is 1. The molecule has 4 atom stereocenters. The van der Waals surface area contributed by atoms with Crippen LogP contribution in [-0.4, -0.2) is 49.7 Å². The highest BCUT2D eigenvalue weighted by Crippen LogP contribution is 2.23. The predicted molar refractivity (Wildman–Crippen MR) is 52.3 cm³/mol. The Kier molecular flexibility index (Phi) is 4.90. The normalized spacial score (nSPS) is 36.2. The van der Waals surface area contributed by atoms with Crippen molar-refractivity contribution in [3.05, 3.63) is 12.2 Å². The van der Waals surface area contributed by atoms with Crippen LogP contribution < -0.4 is 0 Å². The van der Waals surface area contributed by atoms with Crippen molar-refractivity contribution in [1.29, 1.82) is 0 Å². The second-order valence-corrected chi connectivity index (χ2v) is 3.26. The molecule has 0 radical (unpaired) electrons. The number of ether oxygens (including phenoxy) is 3. The summed E-state index contributed by atoms with van der Waals surface area (Å²) in [6.07, 6.45) is 1.34. The SMILES string of the molecule is C/C=C/[C@H]1O[C@@H](C=O)[C@H](OCOC)[C@H]1O. The molecule has 0 amide bonds. The van der Waals surface area contributed by atoms with Crippen molar-refractivity contribution in [2.24, 2.45) is 0 Å². The molecule has 1 heterocycles. The average molecular weight is 216 g/mol. The van der Waals surface area contributed by atoms with E-state index in [-0.39, 0.29) is 6.79 Å². The quantitative estimate of drug-likeness (QED) is 0.394. The Labute approximate surface area is 88.6 Å². The first-order valence-corrected chi connectivity index (χ1v) is 4.76. The van der Waals surface area contributed by atoms with Gasteiger partial charge in [-0.2, -0.15) is 0 Å². The number of hydrogen-bond acceptors (Lipinski definition) is 5. The Bertz CT molecular complexity index is 228. The summed E-state index contributed by atoms with van der Waals surface area (Å²) in [5.41, 5.74) is 0. The van der Waals surface area contributed by atoms with Gasteiger partial charge in [-0.05, 0) is 6.92 Å². The van der Waals surface area contributed by atoms with E-state index in [0.29, 0.717) is 6.29 Å². The van der Waals surface area contributed by atoms with Gasteiger partial charge in [0.15, 0.2) is 6.29 Å². The molecular weight excluding hydrogens is 200 g/mol. The molecule has 1 rings (SSSR count). The highest BCUT2D eigenvalue weighted by atomic mass is 16.7. The molecule has 0 spiro atoms. The Morgan fingerprint density at radius 3 is 2.73 bits per heavy atom. The standard InChI is InChI=1S/C10H16O5/c1-3-4-7-9(12)10(14-6-13-2)8(5-11)15-7/h3-5,7-10,12H,6H2,1-2H3/b4-3+/t7-,8+,9+,10+/m1/s1. The van der Waals surface area contributed by atoms with E-state index in [0.717, 1.165) is 0 Å². The summed E-state index contributed by atoms with van der Waals surface area (Å²) in [5, 5.41) is 9.79. The Morgan fingerprint density at radius 2 is 2.20 bits per heavy atom. The molecule has 0 aromatic heterocycles. The molecule has 0 saturated carbocycles. The predicted octanol–water partition coefficient (Wildman–Crippen LogP) is -0.121. The number of aliphatic hydroxyl groups excluding tert-OH is 1. The van der Waals surface area contributed by atoms with Crippen LogP contribution in [0.3, 0.4) is 0 Å². The van der Waals surface area contributed by atoms with E-state index in [2.05, 4.69) is 0 Å². The van der Waals surface area contributed by atoms with E-state index in [1.165, 1.54) is 7.11 Å². The lowest BCUT2D eigenvalue weighted by atomic mass is 10.1. The van der Waals surface area contributed by atoms with Crippen molar-refractivity contribution in [3.63, 3.8) is 0 Å². The van der Waals surface area contributed by atoms with Gasteiger partial charge in [0.1, 0.15) is 31.2 Å². The maximum atomic E-state index is 10.7. The van der Waals surface area contributed by atoms with E-state index in [1.54, 1.807) is 12.2 Å². The average Bonchev–Trinajstić information content (AvgIpc) is 2.54. The van der Waals surface area contributed by atoms with Crippen LogP contribution in [0.25, 0.3) is 0 Å². The van der Waals surface area contributed by atoms with E-state index in [1.807, 2.05) is 6.92 Å². The fourth-order valence-corrected chi connectivity index (χ4v) is 1.52. The summed E-state index contributed by atoms with van der Waals surface area (Å²) in [5.74, 6) is 0. The van der Waals surface area contributed by atoms with Crippen LogP contribution >= 0.6 is 0 Å². The minimum atomic E-state index is -0.841. The van der Waals surface area contributed by atoms with Gasteiger partial charge >= 0.3 is 0 Å². The summed E-state index contributed by atoms with van der Waals surface area (Å²) in [6, 6.07) is 0. The van der Waals surface area contributed by atoms with Crippen LogP contribution in [0.4, 0.5) is 0 Å². The van der Waals surface area contributed by atoms with Crippen LogP contribution in [-0.2, 0) is 19.0 Å². The lowest BCUT2D eigenvalue weighted by molar-refractivity contribution is -0.133. The third-order valence-electron chi connectivity index (χ3n) is 2.21. The van der Waals surface area contributed by atoms with Gasteiger partial charge in [-0.3, -0.25) is 0 Å². The largest absolute Gasteiger partial charge is 0.387 e. The van der Waals surface area contributed by atoms with Crippen molar-refractivity contribution < 1.29 is 24.1 Å². The second kappa shape index (κ2) is 5.97. The van der Waals surface area contributed by atoms with Gasteiger partial charge in [0.2, 0.25) is 0 Å². The monoisotopic (exact) mass is 216 g/mol. The van der Waals surface area contributed by atoms with Crippen LogP contribution in [0, 0.1) is 0 Å². The van der Waals surface area contributed by atoms with Gasteiger partial charge < -0.3 is 24.1 Å². The molecular formula is C10H16O5. The summed E-state index contributed by atoms with van der Waals surface area (Å²) in [4.78, 5) is 10.7. The third-order valence-corrected chi connectivity index (χ3v) is 2.21. The van der Waals surface area contributed by atoms with E-state index in [9.17, 15) is 9.90 Å². The maximum absolute atomic E-state index is 10.7. The highest BCUT2D eigenvalue weighted by molar-refractivity contribution is 5.58. The minimum Gasteiger partial charge on any atom is -0.387 e. The first-order chi connectivity index (χ1) is 7.24. The number of allylic oxidation sites excluding steroid dienone is 1. The molecule has 1 fully saturated rings. The van der Waals surface area contributed by atoms with E-state index < -0.39 is 24.4 Å². The van der Waals surface area contributed by atoms with Crippen LogP contribution in [0.5, 0.6) is 0 Å². The number of aldehydes is 1. The molecule has 1 N–H and O–H groups in total. The third kappa shape index (κ3) is 2.85. The number of carbonyl (C=O) groups is 1. The van der Waals surface area contributed by atoms with Crippen LogP contribution in [0.1, 0.15) is 6.92 Å². The van der Waals surface area contributed by atoms with Gasteiger partial charge in [0, 0.05) is 7.11 Å². The van der Waals surface area contributed by atoms with E-state index >= 15 is 0 Å². The molecule has 1 saturated heterocycles. The Balaban J connectivity index is 2.62. The number of methoxy groups -OCH3 is 1. The van der Waals surface area contributed by atoms with Crippen LogP contribution in [0.15, 0.2) is 12.2 Å². The molecule has 86 valence electrons. The fraction of sp³-hybridized carbons (Fsp3) is 0.700. The van der Waals surface area contributed by atoms with Crippen molar-refractivity contribution in [2.75, 3.05) is 13.9 Å². The zero-order chi connectivity index (χ0) is 11.3. The number of carbonyl (C=O) groups excluding carboxylic acids is 1. The van der Waals surface area contributed by atoms with Crippen molar-refractivity contribution in [3.8, 4) is 0 Å². The molecule has 1 aliphatic rings. The zero-order valence-corrected chi connectivity index (χ0v) is 8.83. The molecule has 15 heavy (non-hydrogen) atoms. The summed E-state index contributed by atoms with van der Waals surface area (Å²) in [6.45, 7) is 1.84. The number of rotatable bonds is 5. The van der Waals surface area contributed by atoms with Gasteiger partial charge in [0.25, 0.3) is 0 Å². The first-order valence-electron chi connectivity index (χ1n) is 4.76. The van der Waals surface area contributed by atoms with E-state index in [4.69, 9.17) is 14.2 Å². The van der Waals surface area contributed by atoms with Crippen molar-refractivity contribution in [1.82, 2.24) is 0 Å². The van der Waals surface area contributed by atoms with Crippen molar-refractivity contribution in [2.45, 2.75) is 31.3 Å². The lowest BCUT2D eigenvalue weighted by Crippen LogP contribution is -2.36. The lowest BCUT2D eigenvalue weighted by Gasteiger charge is -2.16. The smallest absolute Gasteiger partial charge is 0.151 e. The first kappa shape index (κ1) is 12.3. The minimum absolute atomic E-state index is 0.0258. The number of aliphatic hydroxyl groups is 1. The molecule has 0 aromatic rings. The van der Waals surface area contributed by atoms with Gasteiger partial charge in [-0.15, -0.1) is 0 Å². The second-order valence-electron chi connectivity index (χ2n) is 3.26. The molecule has 5 heteroatoms. The molecule has 0 unspecified atom stereocenters. The highest BCUT2D eigenvalue weighted by Gasteiger charge is 2.43. The van der Waals surface area contributed by atoms with Crippen LogP contribution in [0.2, 0.25) is 0 Å². The summed E-state index contributed by atoms with van der Waals surface area (Å²) >= 11 is 0. The van der Waals surface area contributed by atoms with Crippen molar-refractivity contribution >= 4 is 6.29 Å². The molecule has 0 bridgehead atoms.